The molecule has 2 aromatic rings. The van der Waals surface area contributed by atoms with Gasteiger partial charge in [0.2, 0.25) is 5.91 Å². The van der Waals surface area contributed by atoms with Crippen molar-refractivity contribution in [3.05, 3.63) is 35.3 Å². The second kappa shape index (κ2) is 11.3. The zero-order chi connectivity index (χ0) is 28.6. The summed E-state index contributed by atoms with van der Waals surface area (Å²) in [5.74, 6) is 0.113. The van der Waals surface area contributed by atoms with E-state index < -0.39 is 6.09 Å². The molecule has 1 fully saturated rings. The van der Waals surface area contributed by atoms with Crippen molar-refractivity contribution in [2.45, 2.75) is 38.3 Å². The molecule has 0 spiro atoms. The van der Waals surface area contributed by atoms with Crippen molar-refractivity contribution < 1.29 is 28.2 Å². The van der Waals surface area contributed by atoms with Crippen LogP contribution in [0.15, 0.2) is 18.3 Å². The molecular formula is C27H34FN7O5. The highest BCUT2D eigenvalue weighted by molar-refractivity contribution is 5.95. The highest BCUT2D eigenvalue weighted by Gasteiger charge is 2.35. The van der Waals surface area contributed by atoms with Gasteiger partial charge < -0.3 is 25.0 Å². The van der Waals surface area contributed by atoms with E-state index in [2.05, 4.69) is 25.5 Å². The predicted molar refractivity (Wildman–Crippen MR) is 145 cm³/mol. The number of carbonyl (C=O) groups excluding carboxylic acids is 3. The van der Waals surface area contributed by atoms with Crippen LogP contribution in [0, 0.1) is 11.7 Å². The summed E-state index contributed by atoms with van der Waals surface area (Å²) in [4.78, 5) is 50.3. The lowest BCUT2D eigenvalue weighted by Crippen LogP contribution is -2.37. The van der Waals surface area contributed by atoms with Crippen LogP contribution in [0.25, 0.3) is 0 Å². The Hall–Kier alpha value is -3.84. The number of rotatable bonds is 9. The van der Waals surface area contributed by atoms with Crippen LogP contribution in [-0.4, -0.2) is 97.2 Å². The van der Waals surface area contributed by atoms with E-state index in [9.17, 15) is 18.8 Å². The molecule has 0 saturated carbocycles. The molecule has 1 aromatic heterocycles. The lowest BCUT2D eigenvalue weighted by atomic mass is 10.1. The number of cyclic esters (lactones) is 1. The molecule has 0 bridgehead atoms. The average molecular weight is 556 g/mol. The van der Waals surface area contributed by atoms with E-state index in [-0.39, 0.29) is 59.8 Å². The summed E-state index contributed by atoms with van der Waals surface area (Å²) in [5, 5.41) is 5.41. The van der Waals surface area contributed by atoms with Gasteiger partial charge in [0.15, 0.2) is 18.2 Å². The first-order chi connectivity index (χ1) is 19.1. The lowest BCUT2D eigenvalue weighted by Gasteiger charge is -2.22. The molecule has 2 aliphatic heterocycles. The third kappa shape index (κ3) is 5.99. The van der Waals surface area contributed by atoms with Crippen LogP contribution in [0.3, 0.4) is 0 Å². The minimum Gasteiger partial charge on any atom is -0.465 e. The van der Waals surface area contributed by atoms with E-state index in [0.717, 1.165) is 18.5 Å². The van der Waals surface area contributed by atoms with Gasteiger partial charge in [-0.05, 0) is 76.5 Å². The van der Waals surface area contributed by atoms with Gasteiger partial charge in [0, 0.05) is 18.8 Å². The van der Waals surface area contributed by atoms with E-state index >= 15 is 0 Å². The largest absolute Gasteiger partial charge is 0.465 e. The normalized spacial score (nSPS) is 20.6. The fourth-order valence-corrected chi connectivity index (χ4v) is 5.20. The number of halogens is 1. The molecule has 1 aliphatic carbocycles. The zero-order valence-corrected chi connectivity index (χ0v) is 23.1. The van der Waals surface area contributed by atoms with Gasteiger partial charge in [-0.15, -0.1) is 0 Å². The van der Waals surface area contributed by atoms with Crippen molar-refractivity contribution in [2.24, 2.45) is 5.92 Å². The van der Waals surface area contributed by atoms with Gasteiger partial charge in [-0.25, -0.2) is 19.2 Å². The molecule has 40 heavy (non-hydrogen) atoms. The number of nitrogens with zero attached hydrogens (tertiary/aromatic N) is 5. The number of ether oxygens (including phenoxy) is 2. The Labute approximate surface area is 231 Å². The van der Waals surface area contributed by atoms with Crippen LogP contribution >= 0.6 is 0 Å². The van der Waals surface area contributed by atoms with E-state index in [1.807, 2.05) is 27.2 Å². The zero-order valence-electron chi connectivity index (χ0n) is 23.1. The standard InChI is InChI=1S/C27H34FN7O5/c1-15(33(2)3)25(37)30-18-9-17-7-16(8-20(17)21(28)10-18)12-34(4)6-5-19-13-35(27(38)40-19)22-11-29-26-24(31-22)32-23(36)14-39-26/h9-11,15-16,19H,5-8,12-14H2,1-4H3,(H,30,37)(H,31,32,36)/t15-,16?,19?/m1/s1. The molecule has 0 radical (unpaired) electrons. The molecule has 3 atom stereocenters. The molecule has 1 saturated heterocycles. The number of anilines is 3. The molecule has 2 unspecified atom stereocenters. The van der Waals surface area contributed by atoms with Crippen LogP contribution in [0.2, 0.25) is 0 Å². The summed E-state index contributed by atoms with van der Waals surface area (Å²) in [6.45, 7) is 3.43. The molecular weight excluding hydrogens is 521 g/mol. The third-order valence-electron chi connectivity index (χ3n) is 7.59. The Kier molecular flexibility index (Phi) is 7.86. The Bertz CT molecular complexity index is 1320. The maximum atomic E-state index is 14.9. The highest BCUT2D eigenvalue weighted by Crippen LogP contribution is 2.32. The maximum absolute atomic E-state index is 14.9. The van der Waals surface area contributed by atoms with Gasteiger partial charge in [0.05, 0.1) is 18.8 Å². The first-order valence-corrected chi connectivity index (χ1v) is 13.3. The number of hydrogen-bond donors (Lipinski definition) is 2. The van der Waals surface area contributed by atoms with Crippen LogP contribution in [0.1, 0.15) is 24.5 Å². The fourth-order valence-electron chi connectivity index (χ4n) is 5.20. The topological polar surface area (TPSA) is 129 Å². The van der Waals surface area contributed by atoms with Crippen molar-refractivity contribution in [1.29, 1.82) is 0 Å². The molecule has 3 heterocycles. The summed E-state index contributed by atoms with van der Waals surface area (Å²) in [5.41, 5.74) is 2.12. The molecule has 12 nitrogen and oxygen atoms in total. The highest BCUT2D eigenvalue weighted by atomic mass is 19.1. The van der Waals surface area contributed by atoms with Gasteiger partial charge in [-0.2, -0.15) is 0 Å². The SMILES string of the molecule is C[C@H](C(=O)Nc1cc(F)c2c(c1)CC(CN(C)CCC1CN(c3cnc4c(n3)NC(=O)CO4)C(=O)O1)C2)N(C)C. The van der Waals surface area contributed by atoms with E-state index in [4.69, 9.17) is 9.47 Å². The van der Waals surface area contributed by atoms with Crippen molar-refractivity contribution in [3.8, 4) is 5.88 Å². The molecule has 214 valence electrons. The molecule has 13 heteroatoms. The van der Waals surface area contributed by atoms with Crippen molar-refractivity contribution in [3.63, 3.8) is 0 Å². The van der Waals surface area contributed by atoms with Crippen molar-refractivity contribution in [2.75, 3.05) is 62.9 Å². The summed E-state index contributed by atoms with van der Waals surface area (Å²) < 4.78 is 25.6. The summed E-state index contributed by atoms with van der Waals surface area (Å²) in [7, 11) is 5.64. The van der Waals surface area contributed by atoms with E-state index in [0.29, 0.717) is 37.2 Å². The van der Waals surface area contributed by atoms with Gasteiger partial charge >= 0.3 is 6.09 Å². The lowest BCUT2D eigenvalue weighted by molar-refractivity contribution is -0.120. The van der Waals surface area contributed by atoms with Crippen LogP contribution in [0.4, 0.5) is 26.5 Å². The van der Waals surface area contributed by atoms with Gasteiger partial charge in [0.1, 0.15) is 11.9 Å². The Morgan fingerprint density at radius 1 is 1.27 bits per heavy atom. The first kappa shape index (κ1) is 27.7. The predicted octanol–water partition coefficient (Wildman–Crippen LogP) is 1.90. The Balaban J connectivity index is 1.11. The number of nitrogens with one attached hydrogen (secondary N) is 2. The number of benzene rings is 1. The number of amides is 3. The second-order valence-corrected chi connectivity index (χ2v) is 10.9. The Morgan fingerprint density at radius 3 is 2.85 bits per heavy atom. The molecule has 3 amide bonds. The average Bonchev–Trinajstić information content (AvgIpc) is 3.49. The minimum atomic E-state index is -0.519. The first-order valence-electron chi connectivity index (χ1n) is 13.3. The summed E-state index contributed by atoms with van der Waals surface area (Å²) in [6, 6.07) is 2.96. The number of aromatic nitrogens is 2. The number of fused-ring (bicyclic) bond motifs is 2. The maximum Gasteiger partial charge on any atom is 0.415 e. The molecule has 3 aliphatic rings. The molecule has 5 rings (SSSR count). The summed E-state index contributed by atoms with van der Waals surface area (Å²) in [6.07, 6.45) is 2.56. The number of likely N-dealkylation sites (N-methyl/N-ethyl adjacent to an activating group) is 1. The van der Waals surface area contributed by atoms with Gasteiger partial charge in [-0.1, -0.05) is 0 Å². The number of carbonyl (C=O) groups is 3. The van der Waals surface area contributed by atoms with Crippen molar-refractivity contribution in [1.82, 2.24) is 19.8 Å². The minimum absolute atomic E-state index is 0.125. The number of hydrogen-bond acceptors (Lipinski definition) is 9. The van der Waals surface area contributed by atoms with Crippen LogP contribution < -0.4 is 20.3 Å². The Morgan fingerprint density at radius 2 is 2.08 bits per heavy atom. The van der Waals surface area contributed by atoms with Crippen LogP contribution in [-0.2, 0) is 27.2 Å². The van der Waals surface area contributed by atoms with E-state index in [1.165, 1.54) is 17.2 Å². The van der Waals surface area contributed by atoms with Crippen LogP contribution in [0.5, 0.6) is 5.88 Å². The van der Waals surface area contributed by atoms with Gasteiger partial charge in [-0.3, -0.25) is 19.4 Å². The molecule has 1 aromatic carbocycles. The quantitative estimate of drug-likeness (QED) is 0.477. The smallest absolute Gasteiger partial charge is 0.415 e. The third-order valence-corrected chi connectivity index (χ3v) is 7.59. The fraction of sp³-hybridized carbons (Fsp3) is 0.519. The van der Waals surface area contributed by atoms with Crippen molar-refractivity contribution >= 4 is 35.2 Å². The monoisotopic (exact) mass is 555 g/mol. The van der Waals surface area contributed by atoms with E-state index in [1.54, 1.807) is 11.8 Å². The molecule has 2 N–H and O–H groups in total. The van der Waals surface area contributed by atoms with Gasteiger partial charge in [0.25, 0.3) is 11.8 Å². The second-order valence-electron chi connectivity index (χ2n) is 10.9. The summed E-state index contributed by atoms with van der Waals surface area (Å²) >= 11 is 0.